The summed E-state index contributed by atoms with van der Waals surface area (Å²) in [6, 6.07) is 0. The third-order valence-corrected chi connectivity index (χ3v) is 12.1. The van der Waals surface area contributed by atoms with Gasteiger partial charge in [0.25, 0.3) is 0 Å². The van der Waals surface area contributed by atoms with Crippen molar-refractivity contribution >= 4 is 32.0 Å². The van der Waals surface area contributed by atoms with Gasteiger partial charge in [-0.25, -0.2) is 0 Å². The first kappa shape index (κ1) is 13.1. The van der Waals surface area contributed by atoms with E-state index in [1.54, 1.807) is 12.6 Å². The summed E-state index contributed by atoms with van der Waals surface area (Å²) in [5, 5.41) is 0. The van der Waals surface area contributed by atoms with Crippen LogP contribution in [0.2, 0.25) is 5.71 Å². The molecule has 0 bridgehead atoms. The van der Waals surface area contributed by atoms with Crippen LogP contribution >= 0.6 is 0 Å². The van der Waals surface area contributed by atoms with E-state index in [-0.39, 0.29) is 5.56 Å². The van der Waals surface area contributed by atoms with Crippen LogP contribution in [0.5, 0.6) is 0 Å². The van der Waals surface area contributed by atoms with E-state index in [4.69, 9.17) is 5.73 Å². The van der Waals surface area contributed by atoms with E-state index in [1.807, 2.05) is 0 Å². The summed E-state index contributed by atoms with van der Waals surface area (Å²) in [6.45, 7) is 1.64. The number of aromatic nitrogens is 2. The molecule has 8 heteroatoms. The predicted molar refractivity (Wildman–Crippen MR) is 61.4 cm³/mol. The van der Waals surface area contributed by atoms with Crippen molar-refractivity contribution in [1.82, 2.24) is 9.97 Å². The average molecular weight is 305 g/mol. The Morgan fingerprint density at radius 2 is 2.06 bits per heavy atom. The van der Waals surface area contributed by atoms with E-state index in [2.05, 4.69) is 9.97 Å². The van der Waals surface area contributed by atoms with Crippen LogP contribution in [0, 0.1) is 6.92 Å². The van der Waals surface area contributed by atoms with E-state index in [0.29, 0.717) is 10.3 Å². The number of carbonyl (C=O) groups is 1. The van der Waals surface area contributed by atoms with Crippen LogP contribution in [0.15, 0.2) is 6.20 Å². The second-order valence-corrected chi connectivity index (χ2v) is 14.7. The minimum absolute atomic E-state index is 0.110. The van der Waals surface area contributed by atoms with E-state index in [9.17, 15) is 13.2 Å². The van der Waals surface area contributed by atoms with Crippen molar-refractivity contribution in [2.24, 2.45) is 5.73 Å². The first-order chi connectivity index (χ1) is 7.23. The maximum absolute atomic E-state index is 11.5. The zero-order valence-corrected chi connectivity index (χ0v) is 11.8. The predicted octanol–water partition coefficient (Wildman–Crippen LogP) is -1.24. The molecular formula is C8H12AsN3O3S. The fraction of sp³-hybridized carbons (Fsp3) is 0.375. The summed E-state index contributed by atoms with van der Waals surface area (Å²) >= 11 is -2.43. The van der Waals surface area contributed by atoms with Gasteiger partial charge in [-0.3, -0.25) is 0 Å². The van der Waals surface area contributed by atoms with Gasteiger partial charge >= 0.3 is 97.4 Å². The second kappa shape index (κ2) is 4.51. The molecule has 1 rings (SSSR count). The number of amides is 1. The molecule has 0 aliphatic heterocycles. The van der Waals surface area contributed by atoms with Gasteiger partial charge in [-0.1, -0.05) is 0 Å². The molecule has 0 aliphatic carbocycles. The Labute approximate surface area is 97.4 Å². The molecule has 88 valence electrons. The first-order valence-electron chi connectivity index (χ1n) is 4.31. The van der Waals surface area contributed by atoms with Crippen molar-refractivity contribution in [3.8, 4) is 0 Å². The molecule has 1 atom stereocenters. The SMILES string of the molecule is Cc1ncc(C(N)=O)c([As](C)S(C)(=O)=O)n1. The number of rotatable bonds is 3. The number of hydrogen-bond donors (Lipinski definition) is 1. The standard InChI is InChI=1S/C8H12AsN3O3S/c1-5-11-4-6(8(10)13)7(12-5)9(2)16(3,14)15/h4H,1-3H3,(H2,10,13). The number of nitrogens with two attached hydrogens (primary N) is 1. The molecule has 0 aliphatic rings. The molecule has 0 fully saturated rings. The zero-order valence-electron chi connectivity index (χ0n) is 9.13. The van der Waals surface area contributed by atoms with Gasteiger partial charge < -0.3 is 0 Å². The first-order valence-corrected chi connectivity index (χ1v) is 11.3. The fourth-order valence-corrected chi connectivity index (χ4v) is 5.71. The summed E-state index contributed by atoms with van der Waals surface area (Å²) in [4.78, 5) is 19.0. The van der Waals surface area contributed by atoms with Gasteiger partial charge in [-0.2, -0.15) is 0 Å². The van der Waals surface area contributed by atoms with E-state index in [0.717, 1.165) is 6.26 Å². The topological polar surface area (TPSA) is 103 Å². The van der Waals surface area contributed by atoms with Crippen molar-refractivity contribution in [3.05, 3.63) is 17.6 Å². The Kier molecular flexibility index (Phi) is 3.70. The number of primary amides is 1. The van der Waals surface area contributed by atoms with Crippen molar-refractivity contribution in [3.63, 3.8) is 0 Å². The Morgan fingerprint density at radius 1 is 1.50 bits per heavy atom. The number of carbonyl (C=O) groups excluding carboxylic acids is 1. The van der Waals surface area contributed by atoms with Crippen LogP contribution < -0.4 is 10.2 Å². The zero-order chi connectivity index (χ0) is 12.5. The third-order valence-electron chi connectivity index (χ3n) is 1.95. The molecule has 1 aromatic heterocycles. The van der Waals surface area contributed by atoms with E-state index >= 15 is 0 Å². The maximum atomic E-state index is 11.5. The Bertz CT molecular complexity index is 529. The van der Waals surface area contributed by atoms with Crippen LogP contribution in [0.3, 0.4) is 0 Å². The summed E-state index contributed by atoms with van der Waals surface area (Å²) < 4.78 is 23.2. The van der Waals surface area contributed by atoms with Gasteiger partial charge in [0.05, 0.1) is 0 Å². The Morgan fingerprint density at radius 3 is 2.50 bits per heavy atom. The molecule has 16 heavy (non-hydrogen) atoms. The van der Waals surface area contributed by atoms with Crippen LogP contribution in [0.25, 0.3) is 0 Å². The van der Waals surface area contributed by atoms with Gasteiger partial charge in [0.2, 0.25) is 0 Å². The normalized spacial score (nSPS) is 13.4. The minimum atomic E-state index is -3.18. The van der Waals surface area contributed by atoms with Gasteiger partial charge in [0.15, 0.2) is 0 Å². The molecule has 6 nitrogen and oxygen atoms in total. The molecule has 2 N–H and O–H groups in total. The number of nitrogens with zero attached hydrogens (tertiary/aromatic N) is 2. The monoisotopic (exact) mass is 305 g/mol. The quantitative estimate of drug-likeness (QED) is 0.703. The van der Waals surface area contributed by atoms with Crippen molar-refractivity contribution < 1.29 is 13.2 Å². The second-order valence-electron chi connectivity index (χ2n) is 3.25. The van der Waals surface area contributed by atoms with Crippen LogP contribution in [-0.2, 0) is 8.10 Å². The Balaban J connectivity index is 3.42. The molecular weight excluding hydrogens is 293 g/mol. The summed E-state index contributed by atoms with van der Waals surface area (Å²) in [5.41, 5.74) is 6.87. The average Bonchev–Trinajstić information content (AvgIpc) is 2.14. The van der Waals surface area contributed by atoms with Gasteiger partial charge in [0.1, 0.15) is 0 Å². The third kappa shape index (κ3) is 2.80. The molecule has 0 saturated heterocycles. The van der Waals surface area contributed by atoms with Crippen molar-refractivity contribution in [2.45, 2.75) is 12.6 Å². The summed E-state index contributed by atoms with van der Waals surface area (Å²) in [7, 11) is -3.18. The molecule has 1 amide bonds. The summed E-state index contributed by atoms with van der Waals surface area (Å²) in [6.07, 6.45) is 2.44. The molecule has 1 heterocycles. The summed E-state index contributed by atoms with van der Waals surface area (Å²) in [5.74, 6) is -0.259. The van der Waals surface area contributed by atoms with Crippen LogP contribution in [0.1, 0.15) is 16.2 Å². The van der Waals surface area contributed by atoms with Gasteiger partial charge in [0, 0.05) is 0 Å². The van der Waals surface area contributed by atoms with Crippen LogP contribution in [-0.4, -0.2) is 44.0 Å². The molecule has 0 saturated carbocycles. The molecule has 1 aromatic rings. The van der Waals surface area contributed by atoms with Crippen molar-refractivity contribution in [2.75, 3.05) is 6.26 Å². The molecule has 0 radical (unpaired) electrons. The molecule has 0 aromatic carbocycles. The van der Waals surface area contributed by atoms with Crippen LogP contribution in [0.4, 0.5) is 0 Å². The van der Waals surface area contributed by atoms with E-state index in [1.165, 1.54) is 6.20 Å². The number of aryl methyl sites for hydroxylation is 1. The fourth-order valence-electron chi connectivity index (χ4n) is 1.03. The van der Waals surface area contributed by atoms with Gasteiger partial charge in [-0.05, 0) is 0 Å². The number of hydrogen-bond acceptors (Lipinski definition) is 5. The Hall–Kier alpha value is -0.942. The van der Waals surface area contributed by atoms with Gasteiger partial charge in [-0.15, -0.1) is 0 Å². The molecule has 1 unspecified atom stereocenters. The molecule has 0 spiro atoms. The van der Waals surface area contributed by atoms with E-state index < -0.39 is 27.5 Å². The van der Waals surface area contributed by atoms with Crippen molar-refractivity contribution in [1.29, 1.82) is 0 Å².